The normalized spacial score (nSPS) is 11.7. The maximum absolute atomic E-state index is 10.3. The van der Waals surface area contributed by atoms with Crippen LogP contribution in [0.25, 0.3) is 0 Å². The molecule has 0 atom stereocenters. The maximum atomic E-state index is 10.3. The lowest BCUT2D eigenvalue weighted by molar-refractivity contribution is -0.137. The molecule has 20 heavy (non-hydrogen) atoms. The van der Waals surface area contributed by atoms with Gasteiger partial charge in [0.1, 0.15) is 0 Å². The minimum Gasteiger partial charge on any atom is -0.481 e. The predicted molar refractivity (Wildman–Crippen MR) is 87.0 cm³/mol. The number of hydrogen-bond donors (Lipinski definition) is 1. The maximum Gasteiger partial charge on any atom is 0.303 e. The number of carboxylic acid groups (broad SMARTS) is 1. The smallest absolute Gasteiger partial charge is 0.303 e. The van der Waals surface area contributed by atoms with E-state index in [4.69, 9.17) is 5.11 Å². The Kier molecular flexibility index (Phi) is 15.2. The Hall–Kier alpha value is -1.05. The fraction of sp³-hybridized carbons (Fsp3) is 0.722. The van der Waals surface area contributed by atoms with Gasteiger partial charge in [-0.25, -0.2) is 0 Å². The first-order chi connectivity index (χ1) is 9.77. The molecular weight excluding hydrogens is 248 g/mol. The summed E-state index contributed by atoms with van der Waals surface area (Å²) in [6.45, 7) is 2.25. The van der Waals surface area contributed by atoms with Crippen molar-refractivity contribution in [2.24, 2.45) is 0 Å². The Morgan fingerprint density at radius 3 is 1.80 bits per heavy atom. The molecule has 0 aliphatic heterocycles. The molecule has 1 N–H and O–H groups in total. The highest BCUT2D eigenvalue weighted by Crippen LogP contribution is 2.06. The highest BCUT2D eigenvalue weighted by Gasteiger charge is 1.93. The van der Waals surface area contributed by atoms with Gasteiger partial charge in [-0.3, -0.25) is 4.79 Å². The Morgan fingerprint density at radius 1 is 0.750 bits per heavy atom. The molecule has 0 aliphatic rings. The van der Waals surface area contributed by atoms with E-state index in [0.717, 1.165) is 25.7 Å². The number of carbonyl (C=O) groups is 1. The van der Waals surface area contributed by atoms with E-state index < -0.39 is 5.97 Å². The standard InChI is InChI=1S/C18H32O2/c1-2-3-4-5-6-7-8-9-10-11-12-13-14-15-16-17-18(19)20/h8-9,13-14H,2-7,10-12,15-17H2,1H3,(H,19,20). The first-order valence-corrected chi connectivity index (χ1v) is 8.29. The van der Waals surface area contributed by atoms with E-state index in [1.165, 1.54) is 44.9 Å². The van der Waals surface area contributed by atoms with Gasteiger partial charge in [0.05, 0.1) is 0 Å². The van der Waals surface area contributed by atoms with Crippen LogP contribution >= 0.6 is 0 Å². The van der Waals surface area contributed by atoms with E-state index in [1.54, 1.807) is 0 Å². The summed E-state index contributed by atoms with van der Waals surface area (Å²) >= 11 is 0. The van der Waals surface area contributed by atoms with Crippen LogP contribution in [0.5, 0.6) is 0 Å². The van der Waals surface area contributed by atoms with Crippen molar-refractivity contribution >= 4 is 5.97 Å². The minimum absolute atomic E-state index is 0.283. The van der Waals surface area contributed by atoms with Crippen LogP contribution in [0.1, 0.15) is 84.0 Å². The third-order valence-corrected chi connectivity index (χ3v) is 3.31. The van der Waals surface area contributed by atoms with Gasteiger partial charge in [0, 0.05) is 6.42 Å². The molecule has 0 radical (unpaired) electrons. The largest absolute Gasteiger partial charge is 0.481 e. The molecule has 0 saturated carbocycles. The van der Waals surface area contributed by atoms with Gasteiger partial charge in [-0.1, -0.05) is 56.9 Å². The van der Waals surface area contributed by atoms with Gasteiger partial charge in [-0.15, -0.1) is 0 Å². The summed E-state index contributed by atoms with van der Waals surface area (Å²) in [4.78, 5) is 10.3. The molecule has 0 amide bonds. The lowest BCUT2D eigenvalue weighted by Gasteiger charge is -1.96. The van der Waals surface area contributed by atoms with Crippen LogP contribution in [0, 0.1) is 0 Å². The van der Waals surface area contributed by atoms with Crippen LogP contribution in [-0.4, -0.2) is 11.1 Å². The monoisotopic (exact) mass is 280 g/mol. The summed E-state index contributed by atoms with van der Waals surface area (Å²) in [5.41, 5.74) is 0. The number of carboxylic acids is 1. The highest BCUT2D eigenvalue weighted by molar-refractivity contribution is 5.66. The first-order valence-electron chi connectivity index (χ1n) is 8.29. The van der Waals surface area contributed by atoms with Crippen molar-refractivity contribution in [3.63, 3.8) is 0 Å². The summed E-state index contributed by atoms with van der Waals surface area (Å²) in [6, 6.07) is 0. The highest BCUT2D eigenvalue weighted by atomic mass is 16.4. The molecule has 0 bridgehead atoms. The predicted octanol–water partition coefficient (Wildman–Crippen LogP) is 5.88. The Balaban J connectivity index is 3.18. The van der Waals surface area contributed by atoms with Crippen molar-refractivity contribution in [2.45, 2.75) is 84.0 Å². The van der Waals surface area contributed by atoms with Crippen LogP contribution in [-0.2, 0) is 4.79 Å². The zero-order valence-electron chi connectivity index (χ0n) is 13.2. The molecule has 0 rings (SSSR count). The molecular formula is C18H32O2. The number of aliphatic carboxylic acids is 1. The van der Waals surface area contributed by atoms with Gasteiger partial charge in [0.2, 0.25) is 0 Å². The molecule has 0 aromatic heterocycles. The summed E-state index contributed by atoms with van der Waals surface area (Å²) in [6.07, 6.45) is 22.3. The fourth-order valence-corrected chi connectivity index (χ4v) is 2.06. The number of rotatable bonds is 14. The second-order valence-corrected chi connectivity index (χ2v) is 5.36. The zero-order valence-corrected chi connectivity index (χ0v) is 13.2. The van der Waals surface area contributed by atoms with Gasteiger partial charge >= 0.3 is 5.97 Å². The van der Waals surface area contributed by atoms with Crippen LogP contribution in [0.3, 0.4) is 0 Å². The van der Waals surface area contributed by atoms with Gasteiger partial charge in [-0.05, 0) is 44.9 Å². The van der Waals surface area contributed by atoms with Gasteiger partial charge in [-0.2, -0.15) is 0 Å². The first kappa shape index (κ1) is 18.9. The second kappa shape index (κ2) is 16.0. The van der Waals surface area contributed by atoms with Crippen molar-refractivity contribution in [3.05, 3.63) is 24.3 Å². The molecule has 2 nitrogen and oxygen atoms in total. The lowest BCUT2D eigenvalue weighted by atomic mass is 10.1. The summed E-state index contributed by atoms with van der Waals surface area (Å²) in [5, 5.41) is 8.49. The molecule has 0 spiro atoms. The number of hydrogen-bond acceptors (Lipinski definition) is 1. The van der Waals surface area contributed by atoms with E-state index in [0.29, 0.717) is 0 Å². The molecule has 0 saturated heterocycles. The molecule has 0 fully saturated rings. The quantitative estimate of drug-likeness (QED) is 0.318. The lowest BCUT2D eigenvalue weighted by Crippen LogP contribution is -1.92. The Bertz CT molecular complexity index is 267. The van der Waals surface area contributed by atoms with Gasteiger partial charge < -0.3 is 5.11 Å². The topological polar surface area (TPSA) is 37.3 Å². The minimum atomic E-state index is -0.696. The number of unbranched alkanes of at least 4 members (excludes halogenated alkanes) is 8. The van der Waals surface area contributed by atoms with Crippen molar-refractivity contribution < 1.29 is 9.90 Å². The third-order valence-electron chi connectivity index (χ3n) is 3.31. The summed E-state index contributed by atoms with van der Waals surface area (Å²) < 4.78 is 0. The zero-order chi connectivity index (χ0) is 14.9. The van der Waals surface area contributed by atoms with Crippen LogP contribution in [0.2, 0.25) is 0 Å². The Labute approximate surface area is 125 Å². The van der Waals surface area contributed by atoms with E-state index in [9.17, 15) is 4.79 Å². The molecule has 0 unspecified atom stereocenters. The van der Waals surface area contributed by atoms with Crippen LogP contribution < -0.4 is 0 Å². The second-order valence-electron chi connectivity index (χ2n) is 5.36. The average molecular weight is 280 g/mol. The van der Waals surface area contributed by atoms with E-state index in [1.807, 2.05) is 0 Å². The van der Waals surface area contributed by atoms with Crippen LogP contribution in [0.4, 0.5) is 0 Å². The Morgan fingerprint density at radius 2 is 1.25 bits per heavy atom. The van der Waals surface area contributed by atoms with Crippen molar-refractivity contribution in [1.29, 1.82) is 0 Å². The molecule has 2 heteroatoms. The third kappa shape index (κ3) is 16.9. The van der Waals surface area contributed by atoms with Gasteiger partial charge in [0.25, 0.3) is 0 Å². The fourth-order valence-electron chi connectivity index (χ4n) is 2.06. The van der Waals surface area contributed by atoms with Crippen LogP contribution in [0.15, 0.2) is 24.3 Å². The average Bonchev–Trinajstić information content (AvgIpc) is 2.43. The van der Waals surface area contributed by atoms with E-state index in [2.05, 4.69) is 31.2 Å². The van der Waals surface area contributed by atoms with Crippen molar-refractivity contribution in [2.75, 3.05) is 0 Å². The summed E-state index contributed by atoms with van der Waals surface area (Å²) in [7, 11) is 0. The SMILES string of the molecule is CCCCCCCC=CCCCC=CCCCC(=O)O. The van der Waals surface area contributed by atoms with E-state index >= 15 is 0 Å². The summed E-state index contributed by atoms with van der Waals surface area (Å²) in [5.74, 6) is -0.696. The molecule has 0 aromatic rings. The molecule has 0 aromatic carbocycles. The van der Waals surface area contributed by atoms with Gasteiger partial charge in [0.15, 0.2) is 0 Å². The van der Waals surface area contributed by atoms with E-state index in [-0.39, 0.29) is 6.42 Å². The van der Waals surface area contributed by atoms with Crippen molar-refractivity contribution in [3.8, 4) is 0 Å². The van der Waals surface area contributed by atoms with Crippen molar-refractivity contribution in [1.82, 2.24) is 0 Å². The number of allylic oxidation sites excluding steroid dienone is 4. The molecule has 0 aliphatic carbocycles. The molecule has 116 valence electrons. The molecule has 0 heterocycles.